The van der Waals surface area contributed by atoms with Crippen LogP contribution >= 0.6 is 0 Å². The van der Waals surface area contributed by atoms with Crippen molar-refractivity contribution in [3.63, 3.8) is 0 Å². The lowest BCUT2D eigenvalue weighted by atomic mass is 10.1. The molecule has 1 heterocycles. The Bertz CT molecular complexity index is 1050. The summed E-state index contributed by atoms with van der Waals surface area (Å²) in [5, 5.41) is 5.79. The number of fused-ring (bicyclic) bond motifs is 1. The number of hydrogen-bond donors (Lipinski definition) is 2. The summed E-state index contributed by atoms with van der Waals surface area (Å²) in [6.45, 7) is 2.09. The van der Waals surface area contributed by atoms with Gasteiger partial charge in [-0.15, -0.1) is 0 Å². The standard InChI is InChI=1S/C23H20N2O4/c1-15(17-11-12-20-21(13-17)29-14-28-20)24-23(27)18-9-5-6-10-19(18)25-22(26)16-7-3-2-4-8-16/h2-13,15H,14H2,1H3,(H,24,27)(H,25,26). The third kappa shape index (κ3) is 4.06. The molecule has 146 valence electrons. The molecule has 3 aromatic rings. The summed E-state index contributed by atoms with van der Waals surface area (Å²) in [6, 6.07) is 21.1. The van der Waals surface area contributed by atoms with Crippen LogP contribution in [0.4, 0.5) is 5.69 Å². The highest BCUT2D eigenvalue weighted by Gasteiger charge is 2.19. The van der Waals surface area contributed by atoms with Crippen LogP contribution in [0.25, 0.3) is 0 Å². The smallest absolute Gasteiger partial charge is 0.255 e. The van der Waals surface area contributed by atoms with Crippen molar-refractivity contribution in [1.82, 2.24) is 5.32 Å². The summed E-state index contributed by atoms with van der Waals surface area (Å²) in [6.07, 6.45) is 0. The molecule has 1 unspecified atom stereocenters. The SMILES string of the molecule is CC(NC(=O)c1ccccc1NC(=O)c1ccccc1)c1ccc2c(c1)OCO2. The van der Waals surface area contributed by atoms with Crippen molar-refractivity contribution in [3.8, 4) is 11.5 Å². The normalized spacial score (nSPS) is 12.9. The maximum atomic E-state index is 12.9. The van der Waals surface area contributed by atoms with Crippen LogP contribution in [0, 0.1) is 0 Å². The second kappa shape index (κ2) is 8.06. The molecule has 0 saturated carbocycles. The predicted octanol–water partition coefficient (Wildman–Crippen LogP) is 4.16. The molecule has 4 rings (SSSR count). The van der Waals surface area contributed by atoms with Crippen LogP contribution in [0.3, 0.4) is 0 Å². The van der Waals surface area contributed by atoms with E-state index in [9.17, 15) is 9.59 Å². The zero-order chi connectivity index (χ0) is 20.2. The molecule has 1 aliphatic rings. The highest BCUT2D eigenvalue weighted by atomic mass is 16.7. The first-order valence-electron chi connectivity index (χ1n) is 9.27. The fourth-order valence-electron chi connectivity index (χ4n) is 3.11. The summed E-state index contributed by atoms with van der Waals surface area (Å²) in [5.74, 6) is 0.814. The summed E-state index contributed by atoms with van der Waals surface area (Å²) in [7, 11) is 0. The second-order valence-electron chi connectivity index (χ2n) is 6.67. The second-order valence-corrected chi connectivity index (χ2v) is 6.67. The zero-order valence-electron chi connectivity index (χ0n) is 15.8. The first-order chi connectivity index (χ1) is 14.1. The molecule has 0 aliphatic carbocycles. The van der Waals surface area contributed by atoms with Gasteiger partial charge in [-0.3, -0.25) is 9.59 Å². The van der Waals surface area contributed by atoms with Gasteiger partial charge < -0.3 is 20.1 Å². The number of rotatable bonds is 5. The molecule has 0 fully saturated rings. The van der Waals surface area contributed by atoms with E-state index in [1.165, 1.54) is 0 Å². The monoisotopic (exact) mass is 388 g/mol. The quantitative estimate of drug-likeness (QED) is 0.688. The predicted molar refractivity (Wildman–Crippen MR) is 109 cm³/mol. The fourth-order valence-corrected chi connectivity index (χ4v) is 3.11. The maximum Gasteiger partial charge on any atom is 0.255 e. The molecule has 0 saturated heterocycles. The Morgan fingerprint density at radius 2 is 1.59 bits per heavy atom. The Morgan fingerprint density at radius 3 is 2.41 bits per heavy atom. The topological polar surface area (TPSA) is 76.7 Å². The van der Waals surface area contributed by atoms with Gasteiger partial charge in [0.1, 0.15) is 0 Å². The van der Waals surface area contributed by atoms with Gasteiger partial charge in [-0.05, 0) is 48.9 Å². The molecular formula is C23H20N2O4. The number of para-hydroxylation sites is 1. The highest BCUT2D eigenvalue weighted by molar-refractivity contribution is 6.09. The Labute approximate surface area is 168 Å². The molecule has 2 amide bonds. The Kier molecular flexibility index (Phi) is 5.16. The van der Waals surface area contributed by atoms with Crippen molar-refractivity contribution in [2.45, 2.75) is 13.0 Å². The molecule has 1 atom stereocenters. The number of carbonyl (C=O) groups is 2. The molecule has 0 radical (unpaired) electrons. The minimum atomic E-state index is -0.279. The lowest BCUT2D eigenvalue weighted by Gasteiger charge is -2.17. The van der Waals surface area contributed by atoms with Gasteiger partial charge in [0.2, 0.25) is 6.79 Å². The van der Waals surface area contributed by atoms with Crippen molar-refractivity contribution in [3.05, 3.63) is 89.5 Å². The summed E-state index contributed by atoms with van der Waals surface area (Å²) >= 11 is 0. The molecule has 0 spiro atoms. The van der Waals surface area contributed by atoms with Crippen molar-refractivity contribution in [1.29, 1.82) is 0 Å². The third-order valence-corrected chi connectivity index (χ3v) is 4.70. The molecule has 6 heteroatoms. The number of amides is 2. The highest BCUT2D eigenvalue weighted by Crippen LogP contribution is 2.34. The largest absolute Gasteiger partial charge is 0.454 e. The minimum absolute atomic E-state index is 0.202. The van der Waals surface area contributed by atoms with Crippen LogP contribution in [-0.4, -0.2) is 18.6 Å². The van der Waals surface area contributed by atoms with Gasteiger partial charge in [0.15, 0.2) is 11.5 Å². The molecule has 2 N–H and O–H groups in total. The van der Waals surface area contributed by atoms with E-state index >= 15 is 0 Å². The van der Waals surface area contributed by atoms with Gasteiger partial charge in [0, 0.05) is 5.56 Å². The average Bonchev–Trinajstić information content (AvgIpc) is 3.22. The first kappa shape index (κ1) is 18.6. The Hall–Kier alpha value is -3.80. The Balaban J connectivity index is 1.49. The van der Waals surface area contributed by atoms with Gasteiger partial charge >= 0.3 is 0 Å². The fraction of sp³-hybridized carbons (Fsp3) is 0.130. The molecule has 1 aliphatic heterocycles. The number of carbonyl (C=O) groups excluding carboxylic acids is 2. The van der Waals surface area contributed by atoms with Crippen LogP contribution in [0.1, 0.15) is 39.2 Å². The van der Waals surface area contributed by atoms with E-state index in [-0.39, 0.29) is 24.6 Å². The number of hydrogen-bond acceptors (Lipinski definition) is 4. The summed E-state index contributed by atoms with van der Waals surface area (Å²) < 4.78 is 10.7. The van der Waals surface area contributed by atoms with Gasteiger partial charge in [0.05, 0.1) is 17.3 Å². The minimum Gasteiger partial charge on any atom is -0.454 e. The molecule has 29 heavy (non-hydrogen) atoms. The van der Waals surface area contributed by atoms with E-state index in [0.29, 0.717) is 28.3 Å². The van der Waals surface area contributed by atoms with Gasteiger partial charge in [-0.2, -0.15) is 0 Å². The molecule has 6 nitrogen and oxygen atoms in total. The summed E-state index contributed by atoms with van der Waals surface area (Å²) in [5.41, 5.74) is 2.27. The van der Waals surface area contributed by atoms with E-state index < -0.39 is 0 Å². The van der Waals surface area contributed by atoms with Crippen molar-refractivity contribution < 1.29 is 19.1 Å². The number of anilines is 1. The molecule has 3 aromatic carbocycles. The average molecular weight is 388 g/mol. The third-order valence-electron chi connectivity index (χ3n) is 4.70. The van der Waals surface area contributed by atoms with Crippen LogP contribution in [0.5, 0.6) is 11.5 Å². The van der Waals surface area contributed by atoms with E-state index in [1.54, 1.807) is 48.5 Å². The van der Waals surface area contributed by atoms with Crippen LogP contribution < -0.4 is 20.1 Å². The van der Waals surface area contributed by atoms with Crippen LogP contribution in [-0.2, 0) is 0 Å². The number of ether oxygens (including phenoxy) is 2. The van der Waals surface area contributed by atoms with E-state index in [0.717, 1.165) is 5.56 Å². The lowest BCUT2D eigenvalue weighted by Crippen LogP contribution is -2.28. The van der Waals surface area contributed by atoms with E-state index in [2.05, 4.69) is 10.6 Å². The van der Waals surface area contributed by atoms with Crippen LogP contribution in [0.15, 0.2) is 72.8 Å². The maximum absolute atomic E-state index is 12.9. The van der Waals surface area contributed by atoms with Crippen molar-refractivity contribution >= 4 is 17.5 Å². The Morgan fingerprint density at radius 1 is 0.862 bits per heavy atom. The number of nitrogens with one attached hydrogen (secondary N) is 2. The van der Waals surface area contributed by atoms with Gasteiger partial charge in [-0.25, -0.2) is 0 Å². The molecule has 0 aromatic heterocycles. The van der Waals surface area contributed by atoms with Crippen LogP contribution in [0.2, 0.25) is 0 Å². The lowest BCUT2D eigenvalue weighted by molar-refractivity contribution is 0.0940. The van der Waals surface area contributed by atoms with Crippen molar-refractivity contribution in [2.24, 2.45) is 0 Å². The first-order valence-corrected chi connectivity index (χ1v) is 9.27. The van der Waals surface area contributed by atoms with Crippen molar-refractivity contribution in [2.75, 3.05) is 12.1 Å². The van der Waals surface area contributed by atoms with E-state index in [4.69, 9.17) is 9.47 Å². The molecular weight excluding hydrogens is 368 g/mol. The summed E-state index contributed by atoms with van der Waals surface area (Å²) in [4.78, 5) is 25.4. The number of benzene rings is 3. The molecule has 0 bridgehead atoms. The van der Waals surface area contributed by atoms with Gasteiger partial charge in [0.25, 0.3) is 11.8 Å². The zero-order valence-corrected chi connectivity index (χ0v) is 15.8. The van der Waals surface area contributed by atoms with E-state index in [1.807, 2.05) is 31.2 Å². The van der Waals surface area contributed by atoms with Gasteiger partial charge in [-0.1, -0.05) is 36.4 Å².